The fourth-order valence-corrected chi connectivity index (χ4v) is 3.99. The number of fused-ring (bicyclic) bond motifs is 1. The molecule has 1 aromatic heterocycles. The van der Waals surface area contributed by atoms with Crippen molar-refractivity contribution in [2.45, 2.75) is 26.1 Å². The first-order valence-electron chi connectivity index (χ1n) is 10.3. The number of para-hydroxylation sites is 1. The highest BCUT2D eigenvalue weighted by Crippen LogP contribution is 2.32. The van der Waals surface area contributed by atoms with Crippen LogP contribution in [0.25, 0.3) is 22.3 Å². The number of aromatic nitrogens is 2. The smallest absolute Gasteiger partial charge is 0.416 e. The topological polar surface area (TPSA) is 56.5 Å². The molecule has 1 heterocycles. The van der Waals surface area contributed by atoms with Crippen LogP contribution in [-0.2, 0) is 6.18 Å². The summed E-state index contributed by atoms with van der Waals surface area (Å²) in [4.78, 5) is 17.7. The summed E-state index contributed by atoms with van der Waals surface area (Å²) in [6.07, 6.45) is -3.04. The summed E-state index contributed by atoms with van der Waals surface area (Å²) in [7, 11) is 0. The SMILES string of the molecule is CC(C)Oc1ccc(C=Nn2c(-c3cccc(C(F)(F)F)c3)nc3ccccc3c2=O)cc1I. The van der Waals surface area contributed by atoms with Crippen molar-refractivity contribution in [2.24, 2.45) is 5.10 Å². The molecule has 0 bridgehead atoms. The minimum Gasteiger partial charge on any atom is -0.490 e. The van der Waals surface area contributed by atoms with Crippen molar-refractivity contribution < 1.29 is 17.9 Å². The fourth-order valence-electron chi connectivity index (χ4n) is 3.32. The summed E-state index contributed by atoms with van der Waals surface area (Å²) in [5.41, 5.74) is -0.126. The van der Waals surface area contributed by atoms with Gasteiger partial charge in [-0.05, 0) is 84.5 Å². The Morgan fingerprint density at radius 2 is 1.82 bits per heavy atom. The highest BCUT2D eigenvalue weighted by Gasteiger charge is 2.31. The molecular formula is C25H19F3IN3O2. The molecule has 0 saturated heterocycles. The van der Waals surface area contributed by atoms with Gasteiger partial charge in [-0.3, -0.25) is 4.79 Å². The minimum atomic E-state index is -4.53. The lowest BCUT2D eigenvalue weighted by molar-refractivity contribution is -0.137. The maximum absolute atomic E-state index is 13.3. The Morgan fingerprint density at radius 1 is 1.06 bits per heavy atom. The molecule has 0 fully saturated rings. The molecule has 0 saturated carbocycles. The van der Waals surface area contributed by atoms with E-state index in [9.17, 15) is 18.0 Å². The van der Waals surface area contributed by atoms with Crippen molar-refractivity contribution in [3.63, 3.8) is 0 Å². The second-order valence-electron chi connectivity index (χ2n) is 7.75. The molecular weight excluding hydrogens is 558 g/mol. The third-order valence-electron chi connectivity index (χ3n) is 4.84. The molecule has 0 aliphatic rings. The maximum atomic E-state index is 13.3. The number of alkyl halides is 3. The summed E-state index contributed by atoms with van der Waals surface area (Å²) in [6.45, 7) is 3.86. The van der Waals surface area contributed by atoms with E-state index in [-0.39, 0.29) is 17.5 Å². The van der Waals surface area contributed by atoms with Crippen molar-refractivity contribution in [1.82, 2.24) is 9.66 Å². The van der Waals surface area contributed by atoms with Crippen LogP contribution in [0.15, 0.2) is 76.6 Å². The fraction of sp³-hybridized carbons (Fsp3) is 0.160. The van der Waals surface area contributed by atoms with Gasteiger partial charge in [0, 0.05) is 5.56 Å². The molecule has 34 heavy (non-hydrogen) atoms. The van der Waals surface area contributed by atoms with E-state index in [1.807, 2.05) is 19.9 Å². The molecule has 4 rings (SSSR count). The van der Waals surface area contributed by atoms with Gasteiger partial charge in [-0.1, -0.05) is 24.3 Å². The molecule has 0 spiro atoms. The number of nitrogens with zero attached hydrogens (tertiary/aromatic N) is 3. The number of halogens is 4. The van der Waals surface area contributed by atoms with Crippen LogP contribution >= 0.6 is 22.6 Å². The lowest BCUT2D eigenvalue weighted by Gasteiger charge is -2.12. The maximum Gasteiger partial charge on any atom is 0.416 e. The number of hydrogen-bond acceptors (Lipinski definition) is 4. The van der Waals surface area contributed by atoms with Gasteiger partial charge in [0.05, 0.1) is 32.4 Å². The Kier molecular flexibility index (Phi) is 6.74. The summed E-state index contributed by atoms with van der Waals surface area (Å²) < 4.78 is 47.5. The van der Waals surface area contributed by atoms with Gasteiger partial charge >= 0.3 is 6.18 Å². The van der Waals surface area contributed by atoms with Gasteiger partial charge in [-0.25, -0.2) is 4.98 Å². The normalized spacial score (nSPS) is 12.1. The van der Waals surface area contributed by atoms with E-state index in [4.69, 9.17) is 4.74 Å². The van der Waals surface area contributed by atoms with Crippen molar-refractivity contribution >= 4 is 39.7 Å². The van der Waals surface area contributed by atoms with Crippen LogP contribution in [-0.4, -0.2) is 22.0 Å². The van der Waals surface area contributed by atoms with E-state index in [1.165, 1.54) is 18.3 Å². The summed E-state index contributed by atoms with van der Waals surface area (Å²) in [5, 5.41) is 4.63. The minimum absolute atomic E-state index is 0.0144. The van der Waals surface area contributed by atoms with Gasteiger partial charge in [0.1, 0.15) is 5.75 Å². The average molecular weight is 577 g/mol. The van der Waals surface area contributed by atoms with Crippen LogP contribution < -0.4 is 10.3 Å². The summed E-state index contributed by atoms with van der Waals surface area (Å²) >= 11 is 2.14. The largest absolute Gasteiger partial charge is 0.490 e. The number of hydrogen-bond donors (Lipinski definition) is 0. The van der Waals surface area contributed by atoms with E-state index in [1.54, 1.807) is 36.4 Å². The quantitative estimate of drug-likeness (QED) is 0.205. The van der Waals surface area contributed by atoms with Crippen LogP contribution in [0.2, 0.25) is 0 Å². The lowest BCUT2D eigenvalue weighted by Crippen LogP contribution is -2.20. The first-order valence-corrected chi connectivity index (χ1v) is 11.4. The molecule has 0 N–H and O–H groups in total. The number of benzene rings is 3. The zero-order chi connectivity index (χ0) is 24.5. The third kappa shape index (κ3) is 5.14. The number of ether oxygens (including phenoxy) is 1. The average Bonchev–Trinajstić information content (AvgIpc) is 2.79. The van der Waals surface area contributed by atoms with E-state index in [0.29, 0.717) is 16.5 Å². The van der Waals surface area contributed by atoms with Gasteiger partial charge in [0.2, 0.25) is 0 Å². The zero-order valence-corrected chi connectivity index (χ0v) is 20.3. The Morgan fingerprint density at radius 3 is 2.53 bits per heavy atom. The monoisotopic (exact) mass is 577 g/mol. The first-order chi connectivity index (χ1) is 16.1. The molecule has 4 aromatic rings. The predicted molar refractivity (Wildman–Crippen MR) is 134 cm³/mol. The lowest BCUT2D eigenvalue weighted by atomic mass is 10.1. The van der Waals surface area contributed by atoms with Gasteiger partial charge in [-0.15, -0.1) is 0 Å². The first kappa shape index (κ1) is 23.9. The van der Waals surface area contributed by atoms with Crippen LogP contribution in [0.3, 0.4) is 0 Å². The molecule has 0 aliphatic carbocycles. The molecule has 9 heteroatoms. The van der Waals surface area contributed by atoms with Gasteiger partial charge in [-0.2, -0.15) is 22.9 Å². The van der Waals surface area contributed by atoms with E-state index in [0.717, 1.165) is 26.1 Å². The van der Waals surface area contributed by atoms with Crippen LogP contribution in [0.4, 0.5) is 13.2 Å². The second kappa shape index (κ2) is 9.57. The van der Waals surface area contributed by atoms with Gasteiger partial charge < -0.3 is 4.74 Å². The van der Waals surface area contributed by atoms with Crippen molar-refractivity contribution in [1.29, 1.82) is 0 Å². The van der Waals surface area contributed by atoms with Crippen LogP contribution in [0, 0.1) is 3.57 Å². The third-order valence-corrected chi connectivity index (χ3v) is 5.69. The van der Waals surface area contributed by atoms with Gasteiger partial charge in [0.15, 0.2) is 5.82 Å². The molecule has 0 aliphatic heterocycles. The highest BCUT2D eigenvalue weighted by molar-refractivity contribution is 14.1. The molecule has 174 valence electrons. The Labute approximate surface area is 207 Å². The molecule has 0 unspecified atom stereocenters. The standard InChI is InChI=1S/C25H19F3IN3O2/c1-15(2)34-22-11-10-16(12-20(22)29)14-30-32-23(17-6-5-7-18(13-17)25(26,27)28)31-21-9-4-3-8-19(21)24(32)33/h3-15H,1-2H3. The zero-order valence-electron chi connectivity index (χ0n) is 18.2. The Hall–Kier alpha value is -3.21. The van der Waals surface area contributed by atoms with E-state index in [2.05, 4.69) is 32.7 Å². The predicted octanol–water partition coefficient (Wildman–Crippen LogP) is 6.36. The van der Waals surface area contributed by atoms with Crippen molar-refractivity contribution in [3.8, 4) is 17.1 Å². The van der Waals surface area contributed by atoms with Crippen molar-refractivity contribution in [3.05, 3.63) is 91.8 Å². The molecule has 0 radical (unpaired) electrons. The van der Waals surface area contributed by atoms with E-state index >= 15 is 0 Å². The Balaban J connectivity index is 1.85. The van der Waals surface area contributed by atoms with E-state index < -0.39 is 17.3 Å². The summed E-state index contributed by atoms with van der Waals surface area (Å²) in [6, 6.07) is 16.8. The molecule has 0 amide bonds. The van der Waals surface area contributed by atoms with Crippen LogP contribution in [0.1, 0.15) is 25.0 Å². The second-order valence-corrected chi connectivity index (χ2v) is 8.91. The Bertz CT molecular complexity index is 1450. The number of rotatable bonds is 5. The molecule has 0 atom stereocenters. The van der Waals surface area contributed by atoms with Crippen molar-refractivity contribution in [2.75, 3.05) is 0 Å². The van der Waals surface area contributed by atoms with Gasteiger partial charge in [0.25, 0.3) is 5.56 Å². The molecule has 3 aromatic carbocycles. The molecule has 5 nitrogen and oxygen atoms in total. The van der Waals surface area contributed by atoms with Crippen LogP contribution in [0.5, 0.6) is 5.75 Å². The highest BCUT2D eigenvalue weighted by atomic mass is 127. The summed E-state index contributed by atoms with van der Waals surface area (Å²) in [5.74, 6) is 0.738.